The average molecular weight is 155 g/mol. The van der Waals surface area contributed by atoms with Crippen molar-refractivity contribution in [2.24, 2.45) is 0 Å². The van der Waals surface area contributed by atoms with Crippen molar-refractivity contribution in [3.05, 3.63) is 36.4 Å². The summed E-state index contributed by atoms with van der Waals surface area (Å²) in [5.74, 6) is 0.238. The van der Waals surface area contributed by atoms with Gasteiger partial charge in [0.1, 0.15) is 5.75 Å². The molecule has 2 heteroatoms. The number of phenolic OH excluding ortho intramolecular Hbond substituents is 1. The number of phenols is 1. The standard InChI is InChI=1S/C8H7ClO/c1-6(9)7-2-4-8(10)5-3-7/h2-5,10H,1H2. The predicted octanol–water partition coefficient (Wildman–Crippen LogP) is 2.60. The molecule has 0 heterocycles. The Bertz CT molecular complexity index is 238. The summed E-state index contributed by atoms with van der Waals surface area (Å²) in [7, 11) is 0. The lowest BCUT2D eigenvalue weighted by atomic mass is 10.2. The second-order valence-corrected chi connectivity index (χ2v) is 2.41. The molecule has 0 saturated carbocycles. The fraction of sp³-hybridized carbons (Fsp3) is 0. The minimum Gasteiger partial charge on any atom is -0.508 e. The Morgan fingerprint density at radius 1 is 1.30 bits per heavy atom. The van der Waals surface area contributed by atoms with Crippen molar-refractivity contribution in [1.29, 1.82) is 0 Å². The molecular weight excluding hydrogens is 148 g/mol. The number of halogens is 1. The van der Waals surface area contributed by atoms with E-state index in [0.29, 0.717) is 5.03 Å². The highest BCUT2D eigenvalue weighted by Crippen LogP contribution is 2.18. The highest BCUT2D eigenvalue weighted by Gasteiger charge is 1.92. The molecular formula is C8H7ClO. The van der Waals surface area contributed by atoms with Crippen LogP contribution in [0.4, 0.5) is 0 Å². The topological polar surface area (TPSA) is 20.2 Å². The molecule has 0 atom stereocenters. The zero-order chi connectivity index (χ0) is 7.56. The lowest BCUT2D eigenvalue weighted by molar-refractivity contribution is 0.475. The summed E-state index contributed by atoms with van der Waals surface area (Å²) in [6.45, 7) is 3.54. The van der Waals surface area contributed by atoms with Crippen molar-refractivity contribution in [2.45, 2.75) is 0 Å². The third-order valence-electron chi connectivity index (χ3n) is 1.18. The highest BCUT2D eigenvalue weighted by atomic mass is 35.5. The van der Waals surface area contributed by atoms with Gasteiger partial charge >= 0.3 is 0 Å². The van der Waals surface area contributed by atoms with Crippen LogP contribution in [0.1, 0.15) is 5.56 Å². The van der Waals surface area contributed by atoms with Crippen LogP contribution < -0.4 is 0 Å². The van der Waals surface area contributed by atoms with E-state index < -0.39 is 0 Å². The molecule has 0 amide bonds. The minimum atomic E-state index is 0.238. The molecule has 10 heavy (non-hydrogen) atoms. The van der Waals surface area contributed by atoms with E-state index in [1.807, 2.05) is 0 Å². The van der Waals surface area contributed by atoms with E-state index in [1.165, 1.54) is 0 Å². The molecule has 0 aliphatic carbocycles. The Balaban J connectivity index is 3.00. The molecule has 1 N–H and O–H groups in total. The Kier molecular flexibility index (Phi) is 1.97. The highest BCUT2D eigenvalue weighted by molar-refractivity contribution is 6.48. The van der Waals surface area contributed by atoms with Crippen LogP contribution in [-0.2, 0) is 0 Å². The molecule has 0 radical (unpaired) electrons. The molecule has 1 aromatic rings. The van der Waals surface area contributed by atoms with Crippen LogP contribution >= 0.6 is 11.6 Å². The fourth-order valence-corrected chi connectivity index (χ4v) is 0.768. The lowest BCUT2D eigenvalue weighted by Crippen LogP contribution is -1.72. The van der Waals surface area contributed by atoms with Crippen LogP contribution in [0, 0.1) is 0 Å². The van der Waals surface area contributed by atoms with Gasteiger partial charge in [-0.15, -0.1) is 0 Å². The summed E-state index contributed by atoms with van der Waals surface area (Å²) in [5, 5.41) is 9.35. The Morgan fingerprint density at radius 3 is 2.20 bits per heavy atom. The van der Waals surface area contributed by atoms with Gasteiger partial charge in [-0.1, -0.05) is 18.2 Å². The molecule has 0 aliphatic rings. The van der Waals surface area contributed by atoms with E-state index in [-0.39, 0.29) is 5.75 Å². The van der Waals surface area contributed by atoms with Gasteiger partial charge < -0.3 is 5.11 Å². The molecule has 0 aromatic heterocycles. The van der Waals surface area contributed by atoms with Gasteiger partial charge in [0.2, 0.25) is 0 Å². The summed E-state index contributed by atoms with van der Waals surface area (Å²) in [6.07, 6.45) is 0. The first-order valence-electron chi connectivity index (χ1n) is 2.84. The fourth-order valence-electron chi connectivity index (χ4n) is 0.642. The molecule has 0 fully saturated rings. The summed E-state index contributed by atoms with van der Waals surface area (Å²) >= 11 is 5.58. The molecule has 0 saturated heterocycles. The molecule has 0 aliphatic heterocycles. The summed E-state index contributed by atoms with van der Waals surface area (Å²) in [4.78, 5) is 0. The van der Waals surface area contributed by atoms with Crippen LogP contribution in [-0.4, -0.2) is 5.11 Å². The van der Waals surface area contributed by atoms with E-state index in [9.17, 15) is 0 Å². The first kappa shape index (κ1) is 7.16. The molecule has 0 bridgehead atoms. The number of hydrogen-bond acceptors (Lipinski definition) is 1. The first-order valence-corrected chi connectivity index (χ1v) is 3.22. The van der Waals surface area contributed by atoms with Crippen LogP contribution in [0.15, 0.2) is 30.8 Å². The SMILES string of the molecule is C=C(Cl)c1ccc(O)cc1. The van der Waals surface area contributed by atoms with E-state index in [4.69, 9.17) is 16.7 Å². The van der Waals surface area contributed by atoms with Gasteiger partial charge in [-0.25, -0.2) is 0 Å². The van der Waals surface area contributed by atoms with Gasteiger partial charge in [-0.2, -0.15) is 0 Å². The number of rotatable bonds is 1. The van der Waals surface area contributed by atoms with Crippen LogP contribution in [0.25, 0.3) is 5.03 Å². The summed E-state index contributed by atoms with van der Waals surface area (Å²) in [5.41, 5.74) is 0.833. The van der Waals surface area contributed by atoms with Crippen molar-refractivity contribution in [2.75, 3.05) is 0 Å². The van der Waals surface area contributed by atoms with Crippen molar-refractivity contribution in [3.63, 3.8) is 0 Å². The number of benzene rings is 1. The van der Waals surface area contributed by atoms with Gasteiger partial charge in [0.05, 0.1) is 0 Å². The van der Waals surface area contributed by atoms with E-state index >= 15 is 0 Å². The third-order valence-corrected chi connectivity index (χ3v) is 1.40. The third kappa shape index (κ3) is 1.52. The van der Waals surface area contributed by atoms with Crippen LogP contribution in [0.5, 0.6) is 5.75 Å². The first-order chi connectivity index (χ1) is 4.70. The minimum absolute atomic E-state index is 0.238. The van der Waals surface area contributed by atoms with Crippen molar-refractivity contribution < 1.29 is 5.11 Å². The van der Waals surface area contributed by atoms with Crippen molar-refractivity contribution in [1.82, 2.24) is 0 Å². The quantitative estimate of drug-likeness (QED) is 0.659. The van der Waals surface area contributed by atoms with Gasteiger partial charge in [-0.05, 0) is 29.8 Å². The zero-order valence-corrected chi connectivity index (χ0v) is 6.10. The van der Waals surface area contributed by atoms with Crippen LogP contribution in [0.2, 0.25) is 0 Å². The summed E-state index contributed by atoms with van der Waals surface area (Å²) in [6, 6.07) is 6.57. The normalized spacial score (nSPS) is 9.30. The van der Waals surface area contributed by atoms with Gasteiger partial charge in [0.15, 0.2) is 0 Å². The van der Waals surface area contributed by atoms with Gasteiger partial charge in [-0.3, -0.25) is 0 Å². The lowest BCUT2D eigenvalue weighted by Gasteiger charge is -1.95. The second-order valence-electron chi connectivity index (χ2n) is 1.95. The molecule has 0 unspecified atom stereocenters. The predicted molar refractivity (Wildman–Crippen MR) is 43.0 cm³/mol. The summed E-state index contributed by atoms with van der Waals surface area (Å²) < 4.78 is 0. The second kappa shape index (κ2) is 2.76. The number of hydrogen-bond donors (Lipinski definition) is 1. The maximum atomic E-state index is 8.87. The molecule has 1 nitrogen and oxygen atoms in total. The molecule has 1 aromatic carbocycles. The smallest absolute Gasteiger partial charge is 0.115 e. The monoisotopic (exact) mass is 154 g/mol. The van der Waals surface area contributed by atoms with E-state index in [0.717, 1.165) is 5.56 Å². The molecule has 52 valence electrons. The molecule has 0 spiro atoms. The number of aromatic hydroxyl groups is 1. The largest absolute Gasteiger partial charge is 0.508 e. The van der Waals surface area contributed by atoms with Crippen molar-refractivity contribution in [3.8, 4) is 5.75 Å². The Labute approximate surface area is 64.6 Å². The zero-order valence-electron chi connectivity index (χ0n) is 5.34. The van der Waals surface area contributed by atoms with Crippen molar-refractivity contribution >= 4 is 16.6 Å². The van der Waals surface area contributed by atoms with Crippen LogP contribution in [0.3, 0.4) is 0 Å². The Morgan fingerprint density at radius 2 is 1.80 bits per heavy atom. The van der Waals surface area contributed by atoms with Gasteiger partial charge in [0, 0.05) is 5.03 Å². The van der Waals surface area contributed by atoms with E-state index in [2.05, 4.69) is 6.58 Å². The van der Waals surface area contributed by atoms with E-state index in [1.54, 1.807) is 24.3 Å². The molecule has 1 rings (SSSR count). The maximum Gasteiger partial charge on any atom is 0.115 e. The average Bonchev–Trinajstić information content (AvgIpc) is 1.88. The van der Waals surface area contributed by atoms with Gasteiger partial charge in [0.25, 0.3) is 0 Å². The Hall–Kier alpha value is -0.950. The maximum absolute atomic E-state index is 8.87.